The van der Waals surface area contributed by atoms with E-state index in [1.54, 1.807) is 13.8 Å². The van der Waals surface area contributed by atoms with Crippen LogP contribution in [0.5, 0.6) is 0 Å². The van der Waals surface area contributed by atoms with Gasteiger partial charge in [0, 0.05) is 12.3 Å². The number of carbonyl (C=O) groups excluding carboxylic acids is 2. The van der Waals surface area contributed by atoms with E-state index in [4.69, 9.17) is 0 Å². The van der Waals surface area contributed by atoms with Crippen molar-refractivity contribution < 1.29 is 9.59 Å². The van der Waals surface area contributed by atoms with Crippen molar-refractivity contribution in [1.82, 2.24) is 0 Å². The summed E-state index contributed by atoms with van der Waals surface area (Å²) in [5, 5.41) is 0. The minimum Gasteiger partial charge on any atom is -0.291 e. The van der Waals surface area contributed by atoms with Gasteiger partial charge in [0.2, 0.25) is 5.78 Å². The third-order valence-corrected chi connectivity index (χ3v) is 2.31. The van der Waals surface area contributed by atoms with Crippen LogP contribution in [0.15, 0.2) is 0 Å². The molecule has 82 valence electrons. The molecule has 0 saturated carbocycles. The molecule has 0 aromatic carbocycles. The van der Waals surface area contributed by atoms with Gasteiger partial charge in [-0.25, -0.2) is 0 Å². The van der Waals surface area contributed by atoms with Crippen LogP contribution in [0.3, 0.4) is 0 Å². The van der Waals surface area contributed by atoms with Crippen molar-refractivity contribution >= 4 is 11.6 Å². The molecule has 0 saturated heterocycles. The van der Waals surface area contributed by atoms with Gasteiger partial charge in [-0.2, -0.15) is 0 Å². The van der Waals surface area contributed by atoms with E-state index in [1.165, 1.54) is 19.3 Å². The summed E-state index contributed by atoms with van der Waals surface area (Å²) in [6, 6.07) is 0. The summed E-state index contributed by atoms with van der Waals surface area (Å²) in [7, 11) is 0. The van der Waals surface area contributed by atoms with Gasteiger partial charge in [0.15, 0.2) is 5.78 Å². The van der Waals surface area contributed by atoms with Crippen molar-refractivity contribution in [2.24, 2.45) is 5.92 Å². The second-order valence-corrected chi connectivity index (χ2v) is 4.11. The molecule has 0 amide bonds. The molecule has 0 aliphatic rings. The zero-order chi connectivity index (χ0) is 11.0. The van der Waals surface area contributed by atoms with Gasteiger partial charge >= 0.3 is 0 Å². The summed E-state index contributed by atoms with van der Waals surface area (Å²) in [5.41, 5.74) is 0. The lowest BCUT2D eigenvalue weighted by Gasteiger charge is -2.02. The number of unbranched alkanes of at least 4 members (excludes halogenated alkanes) is 4. The summed E-state index contributed by atoms with van der Waals surface area (Å²) >= 11 is 0. The Labute approximate surface area is 87.1 Å². The first-order valence-electron chi connectivity index (χ1n) is 5.66. The molecular weight excluding hydrogens is 176 g/mol. The van der Waals surface area contributed by atoms with Crippen LogP contribution in [-0.4, -0.2) is 11.6 Å². The fraction of sp³-hybridized carbons (Fsp3) is 0.833. The SMILES string of the molecule is CCCCCCCC(=O)C(=O)C(C)C. The Bertz CT molecular complexity index is 183. The standard InChI is InChI=1S/C12H22O2/c1-4-5-6-7-8-9-11(13)12(14)10(2)3/h10H,4-9H2,1-3H3. The third kappa shape index (κ3) is 5.90. The van der Waals surface area contributed by atoms with Crippen LogP contribution >= 0.6 is 0 Å². The average molecular weight is 198 g/mol. The Morgan fingerprint density at radius 2 is 1.57 bits per heavy atom. The van der Waals surface area contributed by atoms with Crippen LogP contribution in [0.25, 0.3) is 0 Å². The third-order valence-electron chi connectivity index (χ3n) is 2.31. The fourth-order valence-corrected chi connectivity index (χ4v) is 1.33. The number of rotatable bonds is 8. The molecule has 2 nitrogen and oxygen atoms in total. The molecule has 0 unspecified atom stereocenters. The van der Waals surface area contributed by atoms with Crippen molar-refractivity contribution in [3.63, 3.8) is 0 Å². The van der Waals surface area contributed by atoms with Gasteiger partial charge in [0.1, 0.15) is 0 Å². The minimum atomic E-state index is -0.208. The highest BCUT2D eigenvalue weighted by Crippen LogP contribution is 2.07. The molecule has 2 heteroatoms. The lowest BCUT2D eigenvalue weighted by molar-refractivity contribution is -0.138. The highest BCUT2D eigenvalue weighted by atomic mass is 16.2. The van der Waals surface area contributed by atoms with Gasteiger partial charge in [-0.1, -0.05) is 46.5 Å². The number of ketones is 2. The Morgan fingerprint density at radius 1 is 1.00 bits per heavy atom. The van der Waals surface area contributed by atoms with Gasteiger partial charge in [-0.15, -0.1) is 0 Å². The van der Waals surface area contributed by atoms with Crippen molar-refractivity contribution in [3.05, 3.63) is 0 Å². The molecule has 14 heavy (non-hydrogen) atoms. The van der Waals surface area contributed by atoms with Gasteiger partial charge < -0.3 is 0 Å². The Kier molecular flexibility index (Phi) is 7.35. The van der Waals surface area contributed by atoms with E-state index in [2.05, 4.69) is 6.92 Å². The number of hydrogen-bond donors (Lipinski definition) is 0. The van der Waals surface area contributed by atoms with Gasteiger partial charge in [0.25, 0.3) is 0 Å². The summed E-state index contributed by atoms with van der Waals surface area (Å²) in [6.45, 7) is 5.71. The molecule has 0 heterocycles. The smallest absolute Gasteiger partial charge is 0.200 e. The van der Waals surface area contributed by atoms with E-state index in [0.29, 0.717) is 6.42 Å². The summed E-state index contributed by atoms with van der Waals surface area (Å²) in [4.78, 5) is 22.5. The maximum atomic E-state index is 11.3. The second kappa shape index (κ2) is 7.72. The fourth-order valence-electron chi connectivity index (χ4n) is 1.33. The topological polar surface area (TPSA) is 34.1 Å². The van der Waals surface area contributed by atoms with Crippen molar-refractivity contribution in [3.8, 4) is 0 Å². The molecule has 0 aromatic heterocycles. The molecule has 0 aliphatic heterocycles. The van der Waals surface area contributed by atoms with E-state index >= 15 is 0 Å². The molecule has 0 spiro atoms. The first-order valence-corrected chi connectivity index (χ1v) is 5.66. The van der Waals surface area contributed by atoms with Crippen molar-refractivity contribution in [2.45, 2.75) is 59.3 Å². The Balaban J connectivity index is 3.49. The maximum absolute atomic E-state index is 11.3. The summed E-state index contributed by atoms with van der Waals surface area (Å²) < 4.78 is 0. The van der Waals surface area contributed by atoms with Crippen molar-refractivity contribution in [1.29, 1.82) is 0 Å². The minimum absolute atomic E-state index is 0.141. The molecule has 0 aliphatic carbocycles. The Hall–Kier alpha value is -0.660. The molecular formula is C12H22O2. The monoisotopic (exact) mass is 198 g/mol. The van der Waals surface area contributed by atoms with E-state index in [0.717, 1.165) is 12.8 Å². The molecule has 0 N–H and O–H groups in total. The van der Waals surface area contributed by atoms with Gasteiger partial charge in [0.05, 0.1) is 0 Å². The van der Waals surface area contributed by atoms with Crippen LogP contribution in [-0.2, 0) is 9.59 Å². The average Bonchev–Trinajstić information content (AvgIpc) is 2.16. The van der Waals surface area contributed by atoms with Crippen LogP contribution < -0.4 is 0 Å². The van der Waals surface area contributed by atoms with Crippen molar-refractivity contribution in [2.75, 3.05) is 0 Å². The quantitative estimate of drug-likeness (QED) is 0.443. The number of carbonyl (C=O) groups is 2. The van der Waals surface area contributed by atoms with E-state index < -0.39 is 0 Å². The predicted molar refractivity (Wildman–Crippen MR) is 58.2 cm³/mol. The largest absolute Gasteiger partial charge is 0.291 e. The maximum Gasteiger partial charge on any atom is 0.200 e. The first-order chi connectivity index (χ1) is 6.59. The van der Waals surface area contributed by atoms with Crippen LogP contribution in [0.1, 0.15) is 59.3 Å². The van der Waals surface area contributed by atoms with E-state index in [-0.39, 0.29) is 17.5 Å². The molecule has 0 bridgehead atoms. The molecule has 0 atom stereocenters. The normalized spacial score (nSPS) is 10.6. The van der Waals surface area contributed by atoms with Crippen LogP contribution in [0.4, 0.5) is 0 Å². The predicted octanol–water partition coefficient (Wildman–Crippen LogP) is 3.14. The van der Waals surface area contributed by atoms with Gasteiger partial charge in [-0.3, -0.25) is 9.59 Å². The van der Waals surface area contributed by atoms with E-state index in [9.17, 15) is 9.59 Å². The molecule has 0 rings (SSSR count). The zero-order valence-corrected chi connectivity index (χ0v) is 9.64. The summed E-state index contributed by atoms with van der Waals surface area (Å²) in [6.07, 6.45) is 6.01. The molecule has 0 radical (unpaired) electrons. The first kappa shape index (κ1) is 13.3. The van der Waals surface area contributed by atoms with E-state index in [1.807, 2.05) is 0 Å². The highest BCUT2D eigenvalue weighted by molar-refractivity contribution is 6.37. The van der Waals surface area contributed by atoms with Crippen LogP contribution in [0, 0.1) is 5.92 Å². The molecule has 0 aromatic rings. The Morgan fingerprint density at radius 3 is 2.07 bits per heavy atom. The molecule has 0 fully saturated rings. The van der Waals surface area contributed by atoms with Crippen LogP contribution in [0.2, 0.25) is 0 Å². The number of hydrogen-bond acceptors (Lipinski definition) is 2. The lowest BCUT2D eigenvalue weighted by Crippen LogP contribution is -2.19. The highest BCUT2D eigenvalue weighted by Gasteiger charge is 2.16. The number of Topliss-reactive ketones (excluding diaryl/α,β-unsaturated/α-hetero) is 2. The second-order valence-electron chi connectivity index (χ2n) is 4.11. The summed E-state index contributed by atoms with van der Waals surface area (Å²) in [5.74, 6) is -0.532. The zero-order valence-electron chi connectivity index (χ0n) is 9.64. The van der Waals surface area contributed by atoms with Gasteiger partial charge in [-0.05, 0) is 6.42 Å². The lowest BCUT2D eigenvalue weighted by atomic mass is 10.0.